The monoisotopic (exact) mass is 344 g/mol. The van der Waals surface area contributed by atoms with Gasteiger partial charge in [0.25, 0.3) is 0 Å². The van der Waals surface area contributed by atoms with Crippen molar-refractivity contribution in [3.05, 3.63) is 39.8 Å². The van der Waals surface area contributed by atoms with Crippen LogP contribution in [0, 0.1) is 12.8 Å². The molecule has 0 spiro atoms. The molecular weight excluding hydrogens is 320 g/mol. The molecule has 2 aliphatic rings. The minimum Gasteiger partial charge on any atom is -0.490 e. The summed E-state index contributed by atoms with van der Waals surface area (Å²) >= 11 is 1.81. The zero-order chi connectivity index (χ0) is 16.5. The fourth-order valence-corrected chi connectivity index (χ4v) is 4.10. The van der Waals surface area contributed by atoms with Crippen LogP contribution in [0.4, 0.5) is 0 Å². The molecule has 0 saturated heterocycles. The van der Waals surface area contributed by atoms with Crippen LogP contribution in [0.25, 0.3) is 0 Å². The highest BCUT2D eigenvalue weighted by atomic mass is 32.1. The maximum atomic E-state index is 5.83. The number of rotatable bonds is 5. The average molecular weight is 344 g/mol. The molecule has 1 aromatic carbocycles. The van der Waals surface area contributed by atoms with Gasteiger partial charge in [-0.3, -0.25) is 0 Å². The summed E-state index contributed by atoms with van der Waals surface area (Å²) in [5.74, 6) is 2.45. The second kappa shape index (κ2) is 6.73. The number of hydrogen-bond acceptors (Lipinski definition) is 5. The molecule has 1 fully saturated rings. The zero-order valence-electron chi connectivity index (χ0n) is 14.2. The Hall–Kier alpha value is -1.59. The third-order valence-corrected chi connectivity index (χ3v) is 5.70. The minimum absolute atomic E-state index is 0.247. The molecule has 4 nitrogen and oxygen atoms in total. The van der Waals surface area contributed by atoms with E-state index in [-0.39, 0.29) is 6.04 Å². The number of hydrogen-bond donors (Lipinski definition) is 1. The minimum atomic E-state index is 0.247. The van der Waals surface area contributed by atoms with Crippen LogP contribution < -0.4 is 14.8 Å². The molecule has 0 amide bonds. The Morgan fingerprint density at radius 1 is 1.21 bits per heavy atom. The van der Waals surface area contributed by atoms with Crippen molar-refractivity contribution in [2.75, 3.05) is 13.2 Å². The number of nitrogens with one attached hydrogen (secondary N) is 1. The number of benzene rings is 1. The number of nitrogens with zero attached hydrogens (tertiary/aromatic N) is 1. The Bertz CT molecular complexity index is 711. The maximum Gasteiger partial charge on any atom is 0.161 e. The van der Waals surface area contributed by atoms with E-state index in [0.717, 1.165) is 37.1 Å². The first-order chi connectivity index (χ1) is 11.7. The number of thiazole rings is 1. The first-order valence-electron chi connectivity index (χ1n) is 8.78. The first kappa shape index (κ1) is 15.9. The molecule has 4 rings (SSSR count). The molecule has 5 heteroatoms. The van der Waals surface area contributed by atoms with Crippen LogP contribution >= 0.6 is 11.3 Å². The zero-order valence-corrected chi connectivity index (χ0v) is 15.1. The molecule has 0 radical (unpaired) electrons. The molecule has 2 heterocycles. The van der Waals surface area contributed by atoms with E-state index < -0.39 is 0 Å². The Kier molecular flexibility index (Phi) is 4.46. The van der Waals surface area contributed by atoms with E-state index in [1.165, 1.54) is 28.3 Å². The Morgan fingerprint density at radius 3 is 2.71 bits per heavy atom. The summed E-state index contributed by atoms with van der Waals surface area (Å²) in [6.07, 6.45) is 5.51. The van der Waals surface area contributed by atoms with Crippen molar-refractivity contribution in [3.63, 3.8) is 0 Å². The van der Waals surface area contributed by atoms with E-state index in [0.29, 0.717) is 6.04 Å². The van der Waals surface area contributed by atoms with Crippen LogP contribution in [0.3, 0.4) is 0 Å². The van der Waals surface area contributed by atoms with Gasteiger partial charge in [-0.15, -0.1) is 11.3 Å². The fraction of sp³-hybridized carbons (Fsp3) is 0.526. The van der Waals surface area contributed by atoms with E-state index in [4.69, 9.17) is 9.47 Å². The molecule has 1 aliphatic heterocycles. The lowest BCUT2D eigenvalue weighted by molar-refractivity contribution is 0.297. The summed E-state index contributed by atoms with van der Waals surface area (Å²) in [5.41, 5.74) is 1.23. The lowest BCUT2D eigenvalue weighted by Gasteiger charge is -2.22. The highest BCUT2D eigenvalue weighted by Crippen LogP contribution is 2.43. The second-order valence-electron chi connectivity index (χ2n) is 6.77. The summed E-state index contributed by atoms with van der Waals surface area (Å²) in [4.78, 5) is 5.90. The molecule has 2 aromatic rings. The normalized spacial score (nSPS) is 19.6. The van der Waals surface area contributed by atoms with Crippen molar-refractivity contribution in [1.82, 2.24) is 10.3 Å². The topological polar surface area (TPSA) is 43.4 Å². The smallest absolute Gasteiger partial charge is 0.161 e. The van der Waals surface area contributed by atoms with Gasteiger partial charge in [0.05, 0.1) is 19.3 Å². The lowest BCUT2D eigenvalue weighted by atomic mass is 10.1. The quantitative estimate of drug-likeness (QED) is 0.872. The number of aryl methyl sites for hydroxylation is 1. The highest BCUT2D eigenvalue weighted by molar-refractivity contribution is 7.11. The molecule has 1 aliphatic carbocycles. The highest BCUT2D eigenvalue weighted by Gasteiger charge is 2.35. The van der Waals surface area contributed by atoms with E-state index >= 15 is 0 Å². The van der Waals surface area contributed by atoms with Gasteiger partial charge in [0.2, 0.25) is 0 Å². The Labute approximate surface area is 147 Å². The van der Waals surface area contributed by atoms with E-state index in [1.54, 1.807) is 0 Å². The van der Waals surface area contributed by atoms with Gasteiger partial charge < -0.3 is 14.8 Å². The third kappa shape index (κ3) is 3.42. The fourth-order valence-electron chi connectivity index (χ4n) is 3.17. The van der Waals surface area contributed by atoms with Crippen LogP contribution in [0.15, 0.2) is 24.4 Å². The van der Waals surface area contributed by atoms with Crippen molar-refractivity contribution < 1.29 is 9.47 Å². The Balaban J connectivity index is 1.52. The summed E-state index contributed by atoms with van der Waals surface area (Å²) < 4.78 is 11.6. The van der Waals surface area contributed by atoms with Crippen molar-refractivity contribution >= 4 is 11.3 Å². The maximum absolute atomic E-state index is 5.83. The molecule has 2 unspecified atom stereocenters. The summed E-state index contributed by atoms with van der Waals surface area (Å²) in [6, 6.07) is 6.90. The largest absolute Gasteiger partial charge is 0.490 e. The van der Waals surface area contributed by atoms with Gasteiger partial charge in [0.1, 0.15) is 5.01 Å². The Morgan fingerprint density at radius 2 is 2.00 bits per heavy atom. The van der Waals surface area contributed by atoms with Crippen molar-refractivity contribution in [2.45, 2.75) is 45.2 Å². The van der Waals surface area contributed by atoms with Crippen LogP contribution in [0.1, 0.15) is 53.7 Å². The number of fused-ring (bicyclic) bond motifs is 1. The summed E-state index contributed by atoms with van der Waals surface area (Å²) in [5, 5.41) is 5.02. The van der Waals surface area contributed by atoms with E-state index in [9.17, 15) is 0 Å². The van der Waals surface area contributed by atoms with Crippen LogP contribution in [0.2, 0.25) is 0 Å². The van der Waals surface area contributed by atoms with Gasteiger partial charge in [-0.2, -0.15) is 0 Å². The molecule has 0 bridgehead atoms. The molecule has 1 N–H and O–H groups in total. The number of aromatic nitrogens is 1. The molecule has 2 atom stereocenters. The molecule has 1 saturated carbocycles. The summed E-state index contributed by atoms with van der Waals surface area (Å²) in [6.45, 7) is 5.79. The average Bonchev–Trinajstić information content (AvgIpc) is 3.37. The second-order valence-corrected chi connectivity index (χ2v) is 8.04. The molecule has 24 heavy (non-hydrogen) atoms. The van der Waals surface area contributed by atoms with E-state index in [2.05, 4.69) is 36.3 Å². The predicted molar refractivity (Wildman–Crippen MR) is 95.9 cm³/mol. The van der Waals surface area contributed by atoms with Gasteiger partial charge in [0, 0.05) is 23.5 Å². The van der Waals surface area contributed by atoms with Gasteiger partial charge in [0.15, 0.2) is 11.5 Å². The van der Waals surface area contributed by atoms with Crippen LogP contribution in [0.5, 0.6) is 11.5 Å². The van der Waals surface area contributed by atoms with Gasteiger partial charge >= 0.3 is 0 Å². The van der Waals surface area contributed by atoms with Crippen LogP contribution in [-0.2, 0) is 0 Å². The lowest BCUT2D eigenvalue weighted by Crippen LogP contribution is -2.26. The SMILES string of the molecule is Cc1cnc(C(NC(C)c2ccc3c(c2)OCCCO3)C2CC2)s1. The van der Waals surface area contributed by atoms with Crippen molar-refractivity contribution in [1.29, 1.82) is 0 Å². The number of ether oxygens (including phenoxy) is 2. The van der Waals surface area contributed by atoms with Gasteiger partial charge in [-0.05, 0) is 50.3 Å². The molecular formula is C19H24N2O2S. The molecule has 1 aromatic heterocycles. The van der Waals surface area contributed by atoms with Crippen molar-refractivity contribution in [3.8, 4) is 11.5 Å². The summed E-state index contributed by atoms with van der Waals surface area (Å²) in [7, 11) is 0. The first-order valence-corrected chi connectivity index (χ1v) is 9.60. The third-order valence-electron chi connectivity index (χ3n) is 4.70. The van der Waals surface area contributed by atoms with Crippen LogP contribution in [-0.4, -0.2) is 18.2 Å². The van der Waals surface area contributed by atoms with E-state index in [1.807, 2.05) is 23.6 Å². The van der Waals surface area contributed by atoms with Gasteiger partial charge in [-0.25, -0.2) is 4.98 Å². The van der Waals surface area contributed by atoms with Crippen molar-refractivity contribution in [2.24, 2.45) is 5.92 Å². The predicted octanol–water partition coefficient (Wildman–Crippen LogP) is 4.41. The standard InChI is InChI=1S/C19H24N2O2S/c1-12-11-20-19(24-12)18(14-4-5-14)21-13(2)15-6-7-16-17(10-15)23-9-3-8-22-16/h6-7,10-11,13-14,18,21H,3-5,8-9H2,1-2H3. The van der Waals surface area contributed by atoms with Gasteiger partial charge in [-0.1, -0.05) is 6.07 Å². The molecule has 128 valence electrons.